The van der Waals surface area contributed by atoms with E-state index in [0.717, 1.165) is 12.1 Å². The average Bonchev–Trinajstić information content (AvgIpc) is 3.31. The Kier molecular flexibility index (Phi) is 4.83. The lowest BCUT2D eigenvalue weighted by molar-refractivity contribution is 0.0982. The molecular formula is C20H15F2N3O3S. The van der Waals surface area contributed by atoms with Crippen LogP contribution in [-0.4, -0.2) is 20.2 Å². The molecule has 6 nitrogen and oxygen atoms in total. The number of aromatic nitrogens is 3. The summed E-state index contributed by atoms with van der Waals surface area (Å²) in [7, 11) is 0. The molecule has 0 atom stereocenters. The lowest BCUT2D eigenvalue weighted by Gasteiger charge is -2.08. The molecule has 0 fully saturated rings. The van der Waals surface area contributed by atoms with Gasteiger partial charge in [-0.05, 0) is 24.6 Å². The molecule has 29 heavy (non-hydrogen) atoms. The third-order valence-electron chi connectivity index (χ3n) is 4.51. The van der Waals surface area contributed by atoms with Gasteiger partial charge in [-0.3, -0.25) is 9.59 Å². The predicted molar refractivity (Wildman–Crippen MR) is 103 cm³/mol. The monoisotopic (exact) mass is 415 g/mol. The maximum Gasteiger partial charge on any atom is 0.259 e. The molecule has 4 rings (SSSR count). The highest BCUT2D eigenvalue weighted by molar-refractivity contribution is 7.17. The molecule has 9 heteroatoms. The van der Waals surface area contributed by atoms with Crippen molar-refractivity contribution in [1.82, 2.24) is 14.4 Å². The summed E-state index contributed by atoms with van der Waals surface area (Å²) in [4.78, 5) is 34.4. The molecule has 0 radical (unpaired) electrons. The largest absolute Gasteiger partial charge is 0.445 e. The van der Waals surface area contributed by atoms with Crippen molar-refractivity contribution in [2.75, 3.05) is 0 Å². The van der Waals surface area contributed by atoms with Crippen molar-refractivity contribution in [1.29, 1.82) is 0 Å². The maximum absolute atomic E-state index is 13.9. The van der Waals surface area contributed by atoms with E-state index < -0.39 is 17.2 Å². The number of thiazole rings is 1. The second kappa shape index (κ2) is 7.32. The standard InChI is InChI=1S/C20H15F2N3O3S/c1-3-16(26)18-10(2)29-20-24-12(8-17(27)25(18)20)6-11-7-14(21)15(22)9-13(11)19-23-4-5-28-19/h4-5,7-9H,3,6H2,1-2H3. The van der Waals surface area contributed by atoms with E-state index in [9.17, 15) is 18.4 Å². The third kappa shape index (κ3) is 3.38. The molecule has 0 saturated carbocycles. The molecule has 0 amide bonds. The molecule has 0 aliphatic heterocycles. The van der Waals surface area contributed by atoms with Crippen LogP contribution in [0.15, 0.2) is 39.9 Å². The Bertz CT molecular complexity index is 1290. The van der Waals surface area contributed by atoms with Gasteiger partial charge in [-0.25, -0.2) is 23.1 Å². The van der Waals surface area contributed by atoms with E-state index >= 15 is 0 Å². The summed E-state index contributed by atoms with van der Waals surface area (Å²) in [5.41, 5.74) is 0.961. The van der Waals surface area contributed by atoms with Gasteiger partial charge in [0.15, 0.2) is 22.4 Å². The van der Waals surface area contributed by atoms with E-state index in [1.54, 1.807) is 13.8 Å². The summed E-state index contributed by atoms with van der Waals surface area (Å²) in [6.07, 6.45) is 3.07. The predicted octanol–water partition coefficient (Wildman–Crippen LogP) is 4.18. The molecule has 0 aliphatic rings. The lowest BCUT2D eigenvalue weighted by Crippen LogP contribution is -2.19. The molecule has 148 valence electrons. The zero-order chi connectivity index (χ0) is 20.7. The highest BCUT2D eigenvalue weighted by atomic mass is 32.1. The maximum atomic E-state index is 13.9. The summed E-state index contributed by atoms with van der Waals surface area (Å²) in [5.74, 6) is -2.05. The Labute approximate surface area is 167 Å². The zero-order valence-corrected chi connectivity index (χ0v) is 16.3. The average molecular weight is 415 g/mol. The molecule has 0 N–H and O–H groups in total. The Balaban J connectivity index is 1.83. The first-order valence-electron chi connectivity index (χ1n) is 8.82. The molecule has 1 aromatic carbocycles. The van der Waals surface area contributed by atoms with Crippen molar-refractivity contribution in [3.8, 4) is 11.5 Å². The van der Waals surface area contributed by atoms with Gasteiger partial charge in [0.2, 0.25) is 5.89 Å². The number of hydrogen-bond donors (Lipinski definition) is 0. The first-order valence-corrected chi connectivity index (χ1v) is 9.63. The number of carbonyl (C=O) groups excluding carboxylic acids is 1. The number of benzene rings is 1. The van der Waals surface area contributed by atoms with Crippen LogP contribution in [-0.2, 0) is 6.42 Å². The summed E-state index contributed by atoms with van der Waals surface area (Å²) in [6.45, 7) is 3.49. The number of fused-ring (bicyclic) bond motifs is 1. The van der Waals surface area contributed by atoms with Gasteiger partial charge in [-0.15, -0.1) is 11.3 Å². The minimum absolute atomic E-state index is 0.0641. The fraction of sp³-hybridized carbons (Fsp3) is 0.200. The second-order valence-corrected chi connectivity index (χ2v) is 7.61. The van der Waals surface area contributed by atoms with Gasteiger partial charge in [0.1, 0.15) is 12.0 Å². The molecule has 0 unspecified atom stereocenters. The highest BCUT2D eigenvalue weighted by Gasteiger charge is 2.20. The fourth-order valence-electron chi connectivity index (χ4n) is 3.19. The van der Waals surface area contributed by atoms with E-state index in [1.807, 2.05) is 0 Å². The van der Waals surface area contributed by atoms with Crippen molar-refractivity contribution in [2.24, 2.45) is 0 Å². The van der Waals surface area contributed by atoms with Gasteiger partial charge < -0.3 is 4.42 Å². The number of halogens is 2. The molecule has 0 aliphatic carbocycles. The Morgan fingerprint density at radius 2 is 2.00 bits per heavy atom. The Morgan fingerprint density at radius 1 is 1.24 bits per heavy atom. The van der Waals surface area contributed by atoms with Gasteiger partial charge in [0, 0.05) is 29.3 Å². The second-order valence-electron chi connectivity index (χ2n) is 6.42. The van der Waals surface area contributed by atoms with Crippen molar-refractivity contribution < 1.29 is 18.0 Å². The van der Waals surface area contributed by atoms with Crippen LogP contribution >= 0.6 is 11.3 Å². The van der Waals surface area contributed by atoms with Gasteiger partial charge >= 0.3 is 0 Å². The smallest absolute Gasteiger partial charge is 0.259 e. The molecule has 3 heterocycles. The van der Waals surface area contributed by atoms with Gasteiger partial charge in [0.25, 0.3) is 5.56 Å². The minimum atomic E-state index is -1.03. The van der Waals surface area contributed by atoms with Crippen LogP contribution in [0.3, 0.4) is 0 Å². The minimum Gasteiger partial charge on any atom is -0.445 e. The molecule has 0 bridgehead atoms. The van der Waals surface area contributed by atoms with Crippen molar-refractivity contribution in [2.45, 2.75) is 26.7 Å². The summed E-state index contributed by atoms with van der Waals surface area (Å²) >= 11 is 1.23. The van der Waals surface area contributed by atoms with Gasteiger partial charge in [0.05, 0.1) is 11.9 Å². The third-order valence-corrected chi connectivity index (χ3v) is 5.46. The molecular weight excluding hydrogens is 400 g/mol. The van der Waals surface area contributed by atoms with Crippen molar-refractivity contribution in [3.05, 3.63) is 74.5 Å². The van der Waals surface area contributed by atoms with Crippen LogP contribution in [0.1, 0.15) is 40.0 Å². The van der Waals surface area contributed by atoms with Crippen molar-refractivity contribution >= 4 is 22.1 Å². The van der Waals surface area contributed by atoms with Crippen molar-refractivity contribution in [3.63, 3.8) is 0 Å². The topological polar surface area (TPSA) is 77.5 Å². The van der Waals surface area contributed by atoms with E-state index in [4.69, 9.17) is 4.42 Å². The van der Waals surface area contributed by atoms with Crippen LogP contribution in [0.4, 0.5) is 8.78 Å². The first kappa shape index (κ1) is 19.1. The number of oxazole rings is 1. The summed E-state index contributed by atoms with van der Waals surface area (Å²) < 4.78 is 34.2. The van der Waals surface area contributed by atoms with E-state index in [0.29, 0.717) is 26.8 Å². The number of hydrogen-bond acceptors (Lipinski definition) is 6. The summed E-state index contributed by atoms with van der Waals surface area (Å²) in [6, 6.07) is 3.35. The molecule has 0 spiro atoms. The van der Waals surface area contributed by atoms with Crippen LogP contribution in [0, 0.1) is 18.6 Å². The molecule has 0 saturated heterocycles. The normalized spacial score (nSPS) is 11.3. The van der Waals surface area contributed by atoms with E-state index in [1.165, 1.54) is 34.3 Å². The molecule has 3 aromatic heterocycles. The number of ketones is 1. The quantitative estimate of drug-likeness (QED) is 0.457. The Morgan fingerprint density at radius 3 is 2.69 bits per heavy atom. The summed E-state index contributed by atoms with van der Waals surface area (Å²) in [5, 5.41) is 0. The number of nitrogens with zero attached hydrogens (tertiary/aromatic N) is 3. The fourth-order valence-corrected chi connectivity index (χ4v) is 4.20. The number of carbonyl (C=O) groups is 1. The number of rotatable bonds is 5. The van der Waals surface area contributed by atoms with E-state index in [-0.39, 0.29) is 30.1 Å². The van der Waals surface area contributed by atoms with Crippen LogP contribution in [0.5, 0.6) is 0 Å². The highest BCUT2D eigenvalue weighted by Crippen LogP contribution is 2.27. The van der Waals surface area contributed by atoms with Gasteiger partial charge in [-0.1, -0.05) is 6.92 Å². The lowest BCUT2D eigenvalue weighted by atomic mass is 10.0. The molecule has 4 aromatic rings. The van der Waals surface area contributed by atoms with Crippen LogP contribution in [0.2, 0.25) is 0 Å². The number of aryl methyl sites for hydroxylation is 1. The van der Waals surface area contributed by atoms with Crippen LogP contribution in [0.25, 0.3) is 16.4 Å². The first-order chi connectivity index (χ1) is 13.9. The van der Waals surface area contributed by atoms with Gasteiger partial charge in [-0.2, -0.15) is 0 Å². The number of Topliss-reactive ketones (excluding diaryl/α,β-unsaturated/α-hetero) is 1. The SMILES string of the molecule is CCC(=O)c1c(C)sc2nc(Cc3cc(F)c(F)cc3-c3ncco3)cc(=O)n12. The zero-order valence-electron chi connectivity index (χ0n) is 15.5. The Hall–Kier alpha value is -3.20. The van der Waals surface area contributed by atoms with Crippen LogP contribution < -0.4 is 5.56 Å². The van der Waals surface area contributed by atoms with E-state index in [2.05, 4.69) is 9.97 Å².